The molecule has 0 aliphatic carbocycles. The molecule has 0 unspecified atom stereocenters. The molecule has 3 rings (SSSR count). The van der Waals surface area contributed by atoms with Gasteiger partial charge >= 0.3 is 5.97 Å². The van der Waals surface area contributed by atoms with Crippen LogP contribution in [0, 0.1) is 22.9 Å². The standard InChI is InChI=1S/C20H18FN3O6/c1-12-18(23-30-19(12)13-2-4-14(21)5-3-13)11-29-20(26)16-10-15(24(27)28)6-7-17(16)22-8-9-25/h2-7,10,22,25H,8-9,11H2,1H3. The molecule has 0 saturated heterocycles. The number of nitrogens with one attached hydrogen (secondary N) is 1. The zero-order valence-corrected chi connectivity index (χ0v) is 15.9. The van der Waals surface area contributed by atoms with Gasteiger partial charge in [0, 0.05) is 35.5 Å². The molecule has 0 amide bonds. The molecule has 2 aromatic carbocycles. The molecule has 0 fully saturated rings. The van der Waals surface area contributed by atoms with Crippen LogP contribution in [0.1, 0.15) is 21.6 Å². The van der Waals surface area contributed by atoms with Gasteiger partial charge in [-0.1, -0.05) is 5.16 Å². The minimum atomic E-state index is -0.801. The van der Waals surface area contributed by atoms with Crippen LogP contribution in [0.5, 0.6) is 0 Å². The third-order valence-electron chi connectivity index (χ3n) is 4.33. The quantitative estimate of drug-likeness (QED) is 0.325. The number of esters is 1. The predicted octanol–water partition coefficient (Wildman–Crippen LogP) is 3.46. The summed E-state index contributed by atoms with van der Waals surface area (Å²) < 4.78 is 23.7. The smallest absolute Gasteiger partial charge is 0.340 e. The SMILES string of the molecule is Cc1c(COC(=O)c2cc([N+](=O)[O-])ccc2NCCO)noc1-c1ccc(F)cc1. The van der Waals surface area contributed by atoms with Gasteiger partial charge in [-0.2, -0.15) is 0 Å². The van der Waals surface area contributed by atoms with Gasteiger partial charge < -0.3 is 19.7 Å². The predicted molar refractivity (Wildman–Crippen MR) is 104 cm³/mol. The molecule has 0 saturated carbocycles. The number of aliphatic hydroxyl groups excluding tert-OH is 1. The molecule has 1 heterocycles. The Morgan fingerprint density at radius 3 is 2.70 bits per heavy atom. The van der Waals surface area contributed by atoms with E-state index in [4.69, 9.17) is 14.4 Å². The normalized spacial score (nSPS) is 10.6. The first-order chi connectivity index (χ1) is 14.4. The number of aliphatic hydroxyl groups is 1. The highest BCUT2D eigenvalue weighted by Gasteiger charge is 2.20. The first-order valence-corrected chi connectivity index (χ1v) is 8.92. The summed E-state index contributed by atoms with van der Waals surface area (Å²) in [5.74, 6) is -0.765. The van der Waals surface area contributed by atoms with Crippen molar-refractivity contribution in [3.8, 4) is 11.3 Å². The summed E-state index contributed by atoms with van der Waals surface area (Å²) in [4.78, 5) is 23.0. The second-order valence-corrected chi connectivity index (χ2v) is 6.30. The summed E-state index contributed by atoms with van der Waals surface area (Å²) in [6, 6.07) is 9.38. The molecular weight excluding hydrogens is 397 g/mol. The Hall–Kier alpha value is -3.79. The number of halogens is 1. The molecule has 0 radical (unpaired) electrons. The van der Waals surface area contributed by atoms with E-state index in [1.165, 1.54) is 24.3 Å². The van der Waals surface area contributed by atoms with Crippen LogP contribution in [0.2, 0.25) is 0 Å². The van der Waals surface area contributed by atoms with Crippen LogP contribution in [-0.4, -0.2) is 34.3 Å². The maximum atomic E-state index is 13.1. The monoisotopic (exact) mass is 415 g/mol. The number of hydrogen-bond acceptors (Lipinski definition) is 8. The maximum Gasteiger partial charge on any atom is 0.340 e. The number of nitrogens with zero attached hydrogens (tertiary/aromatic N) is 2. The number of non-ortho nitro benzene ring substituents is 1. The van der Waals surface area contributed by atoms with Crippen molar-refractivity contribution in [2.24, 2.45) is 0 Å². The number of benzene rings is 2. The minimum Gasteiger partial charge on any atom is -0.455 e. The van der Waals surface area contributed by atoms with Crippen LogP contribution >= 0.6 is 0 Å². The van der Waals surface area contributed by atoms with Crippen molar-refractivity contribution in [1.82, 2.24) is 5.16 Å². The molecule has 9 nitrogen and oxygen atoms in total. The Morgan fingerprint density at radius 1 is 1.30 bits per heavy atom. The largest absolute Gasteiger partial charge is 0.455 e. The third kappa shape index (κ3) is 4.61. The Morgan fingerprint density at radius 2 is 2.03 bits per heavy atom. The molecular formula is C20H18FN3O6. The summed E-state index contributed by atoms with van der Waals surface area (Å²) in [5.41, 5.74) is 1.58. The van der Waals surface area contributed by atoms with Crippen LogP contribution < -0.4 is 5.32 Å². The summed E-state index contributed by atoms with van der Waals surface area (Å²) in [6.45, 7) is 1.47. The van der Waals surface area contributed by atoms with Crippen molar-refractivity contribution < 1.29 is 28.5 Å². The highest BCUT2D eigenvalue weighted by atomic mass is 19.1. The second kappa shape index (κ2) is 9.14. The van der Waals surface area contributed by atoms with Crippen molar-refractivity contribution in [3.63, 3.8) is 0 Å². The Bertz CT molecular complexity index is 1060. The molecule has 30 heavy (non-hydrogen) atoms. The van der Waals surface area contributed by atoms with Gasteiger partial charge in [-0.3, -0.25) is 10.1 Å². The number of anilines is 1. The van der Waals surface area contributed by atoms with Gasteiger partial charge in [0.1, 0.15) is 18.1 Å². The Kier molecular flexibility index (Phi) is 6.38. The molecule has 0 aliphatic rings. The summed E-state index contributed by atoms with van der Waals surface area (Å²) in [7, 11) is 0. The average Bonchev–Trinajstić information content (AvgIpc) is 3.11. The highest BCUT2D eigenvalue weighted by Crippen LogP contribution is 2.27. The molecule has 0 spiro atoms. The van der Waals surface area contributed by atoms with Gasteiger partial charge in [0.2, 0.25) is 0 Å². The molecule has 10 heteroatoms. The van der Waals surface area contributed by atoms with E-state index in [0.717, 1.165) is 6.07 Å². The highest BCUT2D eigenvalue weighted by molar-refractivity contribution is 5.96. The van der Waals surface area contributed by atoms with Crippen LogP contribution in [0.4, 0.5) is 15.8 Å². The lowest BCUT2D eigenvalue weighted by molar-refractivity contribution is -0.384. The van der Waals surface area contributed by atoms with E-state index in [-0.39, 0.29) is 36.8 Å². The molecule has 0 aliphatic heterocycles. The van der Waals surface area contributed by atoms with Gasteiger partial charge in [-0.15, -0.1) is 0 Å². The van der Waals surface area contributed by atoms with Gasteiger partial charge in [0.15, 0.2) is 5.76 Å². The number of nitro groups is 1. The van der Waals surface area contributed by atoms with Crippen LogP contribution in [-0.2, 0) is 11.3 Å². The van der Waals surface area contributed by atoms with E-state index in [0.29, 0.717) is 28.3 Å². The lowest BCUT2D eigenvalue weighted by Gasteiger charge is -2.10. The fraction of sp³-hybridized carbons (Fsp3) is 0.200. The van der Waals surface area contributed by atoms with Crippen molar-refractivity contribution in [3.05, 3.63) is 75.2 Å². The minimum absolute atomic E-state index is 0.0439. The van der Waals surface area contributed by atoms with E-state index in [1.807, 2.05) is 0 Å². The van der Waals surface area contributed by atoms with E-state index in [2.05, 4.69) is 10.5 Å². The van der Waals surface area contributed by atoms with E-state index in [1.54, 1.807) is 19.1 Å². The van der Waals surface area contributed by atoms with Crippen LogP contribution in [0.3, 0.4) is 0 Å². The molecule has 0 atom stereocenters. The second-order valence-electron chi connectivity index (χ2n) is 6.30. The zero-order chi connectivity index (χ0) is 21.7. The number of ether oxygens (including phenoxy) is 1. The fourth-order valence-corrected chi connectivity index (χ4v) is 2.74. The first kappa shape index (κ1) is 20.9. The first-order valence-electron chi connectivity index (χ1n) is 8.92. The number of aromatic nitrogens is 1. The fourth-order valence-electron chi connectivity index (χ4n) is 2.74. The zero-order valence-electron chi connectivity index (χ0n) is 15.9. The van der Waals surface area contributed by atoms with Crippen molar-refractivity contribution in [1.29, 1.82) is 0 Å². The average molecular weight is 415 g/mol. The number of rotatable bonds is 8. The lowest BCUT2D eigenvalue weighted by atomic mass is 10.1. The Balaban J connectivity index is 1.78. The van der Waals surface area contributed by atoms with Gasteiger partial charge in [-0.25, -0.2) is 9.18 Å². The third-order valence-corrected chi connectivity index (χ3v) is 4.33. The summed E-state index contributed by atoms with van der Waals surface area (Å²) in [6.07, 6.45) is 0. The number of hydrogen-bond donors (Lipinski definition) is 2. The van der Waals surface area contributed by atoms with Crippen LogP contribution in [0.25, 0.3) is 11.3 Å². The van der Waals surface area contributed by atoms with E-state index < -0.39 is 10.9 Å². The van der Waals surface area contributed by atoms with Gasteiger partial charge in [0.05, 0.1) is 17.1 Å². The number of carbonyl (C=O) groups excluding carboxylic acids is 1. The van der Waals surface area contributed by atoms with Crippen LogP contribution in [0.15, 0.2) is 47.0 Å². The van der Waals surface area contributed by atoms with Gasteiger partial charge in [0.25, 0.3) is 5.69 Å². The maximum absolute atomic E-state index is 13.1. The molecule has 3 aromatic rings. The van der Waals surface area contributed by atoms with Crippen molar-refractivity contribution >= 4 is 17.3 Å². The van der Waals surface area contributed by atoms with E-state index in [9.17, 15) is 19.3 Å². The van der Waals surface area contributed by atoms with E-state index >= 15 is 0 Å². The lowest BCUT2D eigenvalue weighted by Crippen LogP contribution is -2.13. The number of nitro benzene ring substituents is 1. The molecule has 156 valence electrons. The van der Waals surface area contributed by atoms with Crippen molar-refractivity contribution in [2.45, 2.75) is 13.5 Å². The number of carbonyl (C=O) groups is 1. The molecule has 0 bridgehead atoms. The van der Waals surface area contributed by atoms with Gasteiger partial charge in [-0.05, 0) is 37.3 Å². The topological polar surface area (TPSA) is 128 Å². The molecule has 1 aromatic heterocycles. The summed E-state index contributed by atoms with van der Waals surface area (Å²) in [5, 5.41) is 26.7. The molecule has 2 N–H and O–H groups in total. The van der Waals surface area contributed by atoms with Crippen molar-refractivity contribution in [2.75, 3.05) is 18.5 Å². The Labute approximate surface area is 170 Å². The summed E-state index contributed by atoms with van der Waals surface area (Å²) >= 11 is 0.